The molecule has 0 saturated carbocycles. The van der Waals surface area contributed by atoms with Gasteiger partial charge in [-0.3, -0.25) is 4.79 Å². The van der Waals surface area contributed by atoms with Crippen LogP contribution in [0.25, 0.3) is 0 Å². The van der Waals surface area contributed by atoms with E-state index < -0.39 is 17.9 Å². The lowest BCUT2D eigenvalue weighted by molar-refractivity contribution is -0.139. The molecule has 0 bridgehead atoms. The molecule has 7 heteroatoms. The normalized spacial score (nSPS) is 11.8. The van der Waals surface area contributed by atoms with E-state index in [4.69, 9.17) is 9.52 Å². The van der Waals surface area contributed by atoms with Crippen molar-refractivity contribution in [2.24, 2.45) is 0 Å². The van der Waals surface area contributed by atoms with Crippen molar-refractivity contribution in [3.8, 4) is 11.5 Å². The summed E-state index contributed by atoms with van der Waals surface area (Å²) in [5.74, 6) is -2.43. The molecular formula is C14H13NO6. The predicted octanol–water partition coefficient (Wildman–Crippen LogP) is 1.12. The number of carboxylic acid groups (broad SMARTS) is 1. The van der Waals surface area contributed by atoms with E-state index in [-0.39, 0.29) is 23.5 Å². The third-order valence-corrected chi connectivity index (χ3v) is 2.87. The minimum absolute atomic E-state index is 0.0350. The molecule has 0 aliphatic carbocycles. The molecule has 4 N–H and O–H groups in total. The average molecular weight is 291 g/mol. The van der Waals surface area contributed by atoms with Gasteiger partial charge in [0.2, 0.25) is 0 Å². The second-order valence-electron chi connectivity index (χ2n) is 4.40. The van der Waals surface area contributed by atoms with Gasteiger partial charge >= 0.3 is 5.97 Å². The fourth-order valence-corrected chi connectivity index (χ4v) is 1.77. The summed E-state index contributed by atoms with van der Waals surface area (Å²) in [6.45, 7) is 0. The molecule has 0 aliphatic heterocycles. The van der Waals surface area contributed by atoms with E-state index in [1.54, 1.807) is 0 Å². The van der Waals surface area contributed by atoms with Crippen LogP contribution in [0.1, 0.15) is 15.9 Å². The molecule has 21 heavy (non-hydrogen) atoms. The standard InChI is InChI=1S/C14H13NO6/c16-11-2-1-8(6-12(11)17)5-10(14(19)20)15-13(18)9-3-4-21-7-9/h1-4,6-7,10,16-17H,5H2,(H,15,18)(H,19,20). The number of aliphatic carboxylic acids is 1. The Bertz CT molecular complexity index is 649. The van der Waals surface area contributed by atoms with Crippen molar-refractivity contribution in [3.05, 3.63) is 47.9 Å². The Labute approximate surface area is 119 Å². The largest absolute Gasteiger partial charge is 0.504 e. The molecule has 1 heterocycles. The first-order chi connectivity index (χ1) is 9.97. The number of hydrogen-bond donors (Lipinski definition) is 4. The topological polar surface area (TPSA) is 120 Å². The van der Waals surface area contributed by atoms with E-state index in [1.165, 1.54) is 36.8 Å². The highest BCUT2D eigenvalue weighted by atomic mass is 16.4. The number of rotatable bonds is 5. The number of amides is 1. The highest BCUT2D eigenvalue weighted by molar-refractivity contribution is 5.96. The lowest BCUT2D eigenvalue weighted by Crippen LogP contribution is -2.42. The zero-order chi connectivity index (χ0) is 15.4. The molecule has 1 unspecified atom stereocenters. The first-order valence-corrected chi connectivity index (χ1v) is 6.04. The van der Waals surface area contributed by atoms with Gasteiger partial charge in [0.05, 0.1) is 11.8 Å². The van der Waals surface area contributed by atoms with Gasteiger partial charge < -0.3 is 25.1 Å². The maximum Gasteiger partial charge on any atom is 0.326 e. The number of furan rings is 1. The summed E-state index contributed by atoms with van der Waals surface area (Å²) < 4.78 is 4.76. The second-order valence-corrected chi connectivity index (χ2v) is 4.40. The van der Waals surface area contributed by atoms with Gasteiger partial charge in [-0.25, -0.2) is 4.79 Å². The minimum atomic E-state index is -1.21. The van der Waals surface area contributed by atoms with Crippen LogP contribution >= 0.6 is 0 Å². The van der Waals surface area contributed by atoms with Crippen molar-refractivity contribution in [3.63, 3.8) is 0 Å². The molecule has 0 spiro atoms. The van der Waals surface area contributed by atoms with Crippen LogP contribution in [-0.4, -0.2) is 33.2 Å². The van der Waals surface area contributed by atoms with E-state index in [1.807, 2.05) is 0 Å². The molecule has 7 nitrogen and oxygen atoms in total. The van der Waals surface area contributed by atoms with E-state index >= 15 is 0 Å². The van der Waals surface area contributed by atoms with Crippen molar-refractivity contribution in [2.45, 2.75) is 12.5 Å². The quantitative estimate of drug-likeness (QED) is 0.613. The van der Waals surface area contributed by atoms with Gasteiger partial charge in [-0.05, 0) is 23.8 Å². The number of carbonyl (C=O) groups is 2. The fourth-order valence-electron chi connectivity index (χ4n) is 1.77. The molecule has 1 amide bonds. The summed E-state index contributed by atoms with van der Waals surface area (Å²) >= 11 is 0. The summed E-state index contributed by atoms with van der Waals surface area (Å²) in [6, 6.07) is 4.21. The number of carboxylic acids is 1. The van der Waals surface area contributed by atoms with Gasteiger partial charge in [0.1, 0.15) is 12.3 Å². The summed E-state index contributed by atoms with van der Waals surface area (Å²) in [4.78, 5) is 23.0. The number of hydrogen-bond acceptors (Lipinski definition) is 5. The predicted molar refractivity (Wildman–Crippen MR) is 71.1 cm³/mol. The lowest BCUT2D eigenvalue weighted by Gasteiger charge is -2.14. The Kier molecular flexibility index (Phi) is 4.13. The third-order valence-electron chi connectivity index (χ3n) is 2.87. The third kappa shape index (κ3) is 3.53. The number of aromatic hydroxyl groups is 2. The van der Waals surface area contributed by atoms with Gasteiger partial charge in [-0.1, -0.05) is 6.07 Å². The van der Waals surface area contributed by atoms with Crippen LogP contribution in [-0.2, 0) is 11.2 Å². The number of benzene rings is 1. The van der Waals surface area contributed by atoms with Gasteiger partial charge in [0.15, 0.2) is 11.5 Å². The maximum absolute atomic E-state index is 11.8. The average Bonchev–Trinajstić information content (AvgIpc) is 2.96. The molecule has 1 atom stereocenters. The van der Waals surface area contributed by atoms with Crippen LogP contribution in [0, 0.1) is 0 Å². The summed E-state index contributed by atoms with van der Waals surface area (Å²) in [5, 5.41) is 30.1. The molecule has 110 valence electrons. The molecule has 0 aliphatic rings. The lowest BCUT2D eigenvalue weighted by atomic mass is 10.0. The Balaban J connectivity index is 2.10. The van der Waals surface area contributed by atoms with Crippen molar-refractivity contribution >= 4 is 11.9 Å². The van der Waals surface area contributed by atoms with Gasteiger partial charge in [0, 0.05) is 6.42 Å². The van der Waals surface area contributed by atoms with Crippen molar-refractivity contribution in [1.82, 2.24) is 5.32 Å². The fraction of sp³-hybridized carbons (Fsp3) is 0.143. The van der Waals surface area contributed by atoms with E-state index in [0.717, 1.165) is 0 Å². The molecule has 1 aromatic heterocycles. The Morgan fingerprint density at radius 1 is 1.19 bits per heavy atom. The number of nitrogens with one attached hydrogen (secondary N) is 1. The molecule has 1 aromatic carbocycles. The SMILES string of the molecule is O=C(NC(Cc1ccc(O)c(O)c1)C(=O)O)c1ccoc1. The molecule has 2 rings (SSSR count). The van der Waals surface area contributed by atoms with Crippen LogP contribution < -0.4 is 5.32 Å². The summed E-state index contributed by atoms with van der Waals surface area (Å²) in [6.07, 6.45) is 2.48. The van der Waals surface area contributed by atoms with Crippen LogP contribution in [0.4, 0.5) is 0 Å². The number of phenolic OH excluding ortho intramolecular Hbond substituents is 2. The Morgan fingerprint density at radius 3 is 2.52 bits per heavy atom. The highest BCUT2D eigenvalue weighted by Gasteiger charge is 2.22. The molecular weight excluding hydrogens is 278 g/mol. The Hall–Kier alpha value is -2.96. The maximum atomic E-state index is 11.8. The number of phenols is 2. The van der Waals surface area contributed by atoms with Crippen LogP contribution in [0.5, 0.6) is 11.5 Å². The van der Waals surface area contributed by atoms with E-state index in [0.29, 0.717) is 5.56 Å². The summed E-state index contributed by atoms with van der Waals surface area (Å²) in [5.41, 5.74) is 0.681. The molecule has 0 fully saturated rings. The second kappa shape index (κ2) is 6.00. The zero-order valence-electron chi connectivity index (χ0n) is 10.8. The van der Waals surface area contributed by atoms with Gasteiger partial charge in [-0.15, -0.1) is 0 Å². The summed E-state index contributed by atoms with van der Waals surface area (Å²) in [7, 11) is 0. The highest BCUT2D eigenvalue weighted by Crippen LogP contribution is 2.25. The molecule has 0 saturated heterocycles. The van der Waals surface area contributed by atoms with Crippen molar-refractivity contribution in [1.29, 1.82) is 0 Å². The van der Waals surface area contributed by atoms with E-state index in [9.17, 15) is 19.8 Å². The number of carbonyl (C=O) groups excluding carboxylic acids is 1. The van der Waals surface area contributed by atoms with Crippen LogP contribution in [0.3, 0.4) is 0 Å². The van der Waals surface area contributed by atoms with Crippen molar-refractivity contribution in [2.75, 3.05) is 0 Å². The van der Waals surface area contributed by atoms with Gasteiger partial charge in [0.25, 0.3) is 5.91 Å². The van der Waals surface area contributed by atoms with Crippen LogP contribution in [0.15, 0.2) is 41.2 Å². The van der Waals surface area contributed by atoms with Crippen LogP contribution in [0.2, 0.25) is 0 Å². The monoisotopic (exact) mass is 291 g/mol. The molecule has 0 radical (unpaired) electrons. The van der Waals surface area contributed by atoms with E-state index in [2.05, 4.69) is 5.32 Å². The molecule has 2 aromatic rings. The first-order valence-electron chi connectivity index (χ1n) is 6.04. The minimum Gasteiger partial charge on any atom is -0.504 e. The van der Waals surface area contributed by atoms with Gasteiger partial charge in [-0.2, -0.15) is 0 Å². The zero-order valence-corrected chi connectivity index (χ0v) is 10.8. The Morgan fingerprint density at radius 2 is 1.95 bits per heavy atom. The van der Waals surface area contributed by atoms with Crippen molar-refractivity contribution < 1.29 is 29.3 Å². The smallest absolute Gasteiger partial charge is 0.326 e. The first kappa shape index (κ1) is 14.4.